The number of H-pyrrole nitrogens is 2. The maximum Gasteiger partial charge on any atom is 0.256 e. The number of nitrogens with one attached hydrogen (secondary N) is 2. The smallest absolute Gasteiger partial charge is 0.256 e. The monoisotopic (exact) mass is 272 g/mol. The first-order valence-corrected chi connectivity index (χ1v) is 6.00. The summed E-state index contributed by atoms with van der Waals surface area (Å²) in [6.45, 7) is 0. The largest absolute Gasteiger partial charge is 0.338 e. The number of aromatic amines is 2. The molecule has 1 aliphatic rings. The van der Waals surface area contributed by atoms with E-state index in [1.54, 1.807) is 24.3 Å². The number of hydrogen-bond donors (Lipinski definition) is 2. The minimum absolute atomic E-state index is 0.0970. The number of rotatable bonds is 1. The van der Waals surface area contributed by atoms with Crippen LogP contribution in [0.4, 0.5) is 0 Å². The molecule has 19 heavy (non-hydrogen) atoms. The summed E-state index contributed by atoms with van der Waals surface area (Å²) in [5.41, 5.74) is 0.307. The van der Waals surface area contributed by atoms with Gasteiger partial charge >= 0.3 is 0 Å². The van der Waals surface area contributed by atoms with Gasteiger partial charge in [0, 0.05) is 17.3 Å². The number of fused-ring (bicyclic) bond motifs is 1. The van der Waals surface area contributed by atoms with Gasteiger partial charge in [-0.15, -0.1) is 0 Å². The Morgan fingerprint density at radius 2 is 1.58 bits per heavy atom. The Hall–Kier alpha value is -2.34. The van der Waals surface area contributed by atoms with Crippen LogP contribution < -0.4 is 5.56 Å². The van der Waals surface area contributed by atoms with Crippen LogP contribution in [0.15, 0.2) is 35.3 Å². The molecule has 6 heteroatoms. The van der Waals surface area contributed by atoms with Gasteiger partial charge in [-0.1, -0.05) is 24.3 Å². The minimum atomic E-state index is -1.08. The van der Waals surface area contributed by atoms with E-state index >= 15 is 0 Å². The second-order valence-corrected chi connectivity index (χ2v) is 4.64. The summed E-state index contributed by atoms with van der Waals surface area (Å²) >= 11 is 4.78. The van der Waals surface area contributed by atoms with E-state index in [0.717, 1.165) is 0 Å². The van der Waals surface area contributed by atoms with Crippen molar-refractivity contribution < 1.29 is 9.59 Å². The number of hydrogen-bond acceptors (Lipinski definition) is 4. The SMILES string of the molecule is O=C1c2ccccc2C(=O)C1c1c[nH]c(=S)[nH]c1=O. The summed E-state index contributed by atoms with van der Waals surface area (Å²) in [7, 11) is 0. The van der Waals surface area contributed by atoms with Crippen molar-refractivity contribution in [3.8, 4) is 0 Å². The van der Waals surface area contributed by atoms with Crippen molar-refractivity contribution in [2.45, 2.75) is 5.92 Å². The third-order valence-corrected chi connectivity index (χ3v) is 3.36. The lowest BCUT2D eigenvalue weighted by Gasteiger charge is -2.05. The zero-order valence-corrected chi connectivity index (χ0v) is 10.4. The zero-order valence-electron chi connectivity index (χ0n) is 9.60. The number of carbonyl (C=O) groups excluding carboxylic acids is 2. The first-order chi connectivity index (χ1) is 9.09. The molecule has 0 saturated carbocycles. The lowest BCUT2D eigenvalue weighted by Crippen LogP contribution is -2.23. The van der Waals surface area contributed by atoms with Crippen LogP contribution in [0.3, 0.4) is 0 Å². The molecule has 2 N–H and O–H groups in total. The maximum atomic E-state index is 12.2. The molecule has 5 nitrogen and oxygen atoms in total. The lowest BCUT2D eigenvalue weighted by molar-refractivity contribution is 0.0889. The second-order valence-electron chi connectivity index (χ2n) is 4.23. The molecule has 1 aromatic carbocycles. The molecule has 0 unspecified atom stereocenters. The number of aromatic nitrogens is 2. The quantitative estimate of drug-likeness (QED) is 0.610. The molecule has 1 aromatic heterocycles. The van der Waals surface area contributed by atoms with Crippen LogP contribution in [0.2, 0.25) is 0 Å². The van der Waals surface area contributed by atoms with E-state index in [9.17, 15) is 14.4 Å². The fraction of sp³-hybridized carbons (Fsp3) is 0.0769. The molecule has 0 atom stereocenters. The summed E-state index contributed by atoms with van der Waals surface area (Å²) in [6, 6.07) is 6.56. The van der Waals surface area contributed by atoms with E-state index < -0.39 is 11.5 Å². The van der Waals surface area contributed by atoms with E-state index in [1.807, 2.05) is 0 Å². The van der Waals surface area contributed by atoms with Crippen molar-refractivity contribution in [2.24, 2.45) is 0 Å². The Kier molecular flexibility index (Phi) is 2.53. The van der Waals surface area contributed by atoms with Crippen molar-refractivity contribution in [3.63, 3.8) is 0 Å². The normalized spacial score (nSPS) is 14.7. The highest BCUT2D eigenvalue weighted by atomic mass is 32.1. The van der Waals surface area contributed by atoms with Crippen LogP contribution in [0.1, 0.15) is 32.2 Å². The number of Topliss-reactive ketones (excluding diaryl/α,β-unsaturated/α-hetero) is 2. The molecule has 0 saturated heterocycles. The Bertz CT molecular complexity index is 784. The van der Waals surface area contributed by atoms with E-state index in [0.29, 0.717) is 11.1 Å². The zero-order chi connectivity index (χ0) is 13.6. The van der Waals surface area contributed by atoms with Gasteiger partial charge in [-0.25, -0.2) is 0 Å². The molecule has 2 aromatic rings. The van der Waals surface area contributed by atoms with Crippen LogP contribution in [0.25, 0.3) is 0 Å². The van der Waals surface area contributed by atoms with Gasteiger partial charge in [0.15, 0.2) is 16.3 Å². The second kappa shape index (κ2) is 4.10. The average Bonchev–Trinajstić information content (AvgIpc) is 2.64. The molecule has 1 aliphatic carbocycles. The van der Waals surface area contributed by atoms with Gasteiger partial charge in [0.25, 0.3) is 5.56 Å². The molecule has 0 amide bonds. The lowest BCUT2D eigenvalue weighted by atomic mass is 9.97. The van der Waals surface area contributed by atoms with Gasteiger partial charge < -0.3 is 4.98 Å². The Morgan fingerprint density at radius 3 is 2.11 bits per heavy atom. The van der Waals surface area contributed by atoms with Crippen LogP contribution in [-0.2, 0) is 0 Å². The highest BCUT2D eigenvalue weighted by Crippen LogP contribution is 2.31. The predicted octanol–water partition coefficient (Wildman–Crippen LogP) is 1.60. The average molecular weight is 272 g/mol. The van der Waals surface area contributed by atoms with Gasteiger partial charge in [0.2, 0.25) is 0 Å². The van der Waals surface area contributed by atoms with Crippen LogP contribution in [0, 0.1) is 4.77 Å². The number of carbonyl (C=O) groups is 2. The number of benzene rings is 1. The third-order valence-electron chi connectivity index (χ3n) is 3.14. The van der Waals surface area contributed by atoms with Gasteiger partial charge in [-0.05, 0) is 12.2 Å². The summed E-state index contributed by atoms with van der Waals surface area (Å²) in [5, 5.41) is 0. The first kappa shape index (κ1) is 11.7. The van der Waals surface area contributed by atoms with Gasteiger partial charge in [-0.3, -0.25) is 19.4 Å². The molecular formula is C13H8N2O3S. The van der Waals surface area contributed by atoms with Crippen LogP contribution in [0.5, 0.6) is 0 Å². The van der Waals surface area contributed by atoms with Gasteiger partial charge in [0.05, 0.1) is 5.56 Å². The summed E-state index contributed by atoms with van der Waals surface area (Å²) in [6.07, 6.45) is 1.33. The summed E-state index contributed by atoms with van der Waals surface area (Å²) in [4.78, 5) is 41.3. The van der Waals surface area contributed by atoms with E-state index in [-0.39, 0.29) is 21.9 Å². The predicted molar refractivity (Wildman–Crippen MR) is 70.1 cm³/mol. The van der Waals surface area contributed by atoms with Crippen LogP contribution >= 0.6 is 12.2 Å². The molecular weight excluding hydrogens is 264 g/mol. The van der Waals surface area contributed by atoms with Crippen molar-refractivity contribution in [1.29, 1.82) is 0 Å². The molecule has 0 fully saturated rings. The van der Waals surface area contributed by atoms with Crippen molar-refractivity contribution in [1.82, 2.24) is 9.97 Å². The van der Waals surface area contributed by atoms with Gasteiger partial charge in [0.1, 0.15) is 5.92 Å². The fourth-order valence-corrected chi connectivity index (χ4v) is 2.41. The highest BCUT2D eigenvalue weighted by Gasteiger charge is 2.40. The van der Waals surface area contributed by atoms with Gasteiger partial charge in [-0.2, -0.15) is 0 Å². The fourth-order valence-electron chi connectivity index (χ4n) is 2.26. The molecule has 0 spiro atoms. The topological polar surface area (TPSA) is 82.8 Å². The molecule has 0 bridgehead atoms. The van der Waals surface area contributed by atoms with E-state index in [2.05, 4.69) is 9.97 Å². The molecule has 0 aliphatic heterocycles. The van der Waals surface area contributed by atoms with Crippen LogP contribution in [-0.4, -0.2) is 21.5 Å². The van der Waals surface area contributed by atoms with Crippen molar-refractivity contribution in [3.05, 3.63) is 62.3 Å². The molecule has 3 rings (SSSR count). The molecule has 0 radical (unpaired) electrons. The first-order valence-electron chi connectivity index (χ1n) is 5.59. The molecule has 94 valence electrons. The number of ketones is 2. The standard InChI is InChI=1S/C13H8N2O3S/c16-10-6-3-1-2-4-7(6)11(17)9(10)8-5-14-13(19)15-12(8)18/h1-5,9H,(H2,14,15,18,19). The van der Waals surface area contributed by atoms with E-state index in [4.69, 9.17) is 12.2 Å². The Balaban J connectivity index is 2.19. The minimum Gasteiger partial charge on any atom is -0.338 e. The highest BCUT2D eigenvalue weighted by molar-refractivity contribution is 7.71. The van der Waals surface area contributed by atoms with E-state index in [1.165, 1.54) is 6.20 Å². The third kappa shape index (κ3) is 1.68. The maximum absolute atomic E-state index is 12.2. The summed E-state index contributed by atoms with van der Waals surface area (Å²) in [5.74, 6) is -1.78. The summed E-state index contributed by atoms with van der Waals surface area (Å²) < 4.78 is 0.157. The Labute approximate surface area is 112 Å². The van der Waals surface area contributed by atoms with Crippen molar-refractivity contribution >= 4 is 23.8 Å². The van der Waals surface area contributed by atoms with Crippen molar-refractivity contribution in [2.75, 3.05) is 0 Å². The molecule has 1 heterocycles. The Morgan fingerprint density at radius 1 is 1.00 bits per heavy atom.